The highest BCUT2D eigenvalue weighted by Gasteiger charge is 2.66. The fourth-order valence-electron chi connectivity index (χ4n) is 3.76. The molecule has 3 atom stereocenters. The molecule has 0 amide bonds. The smallest absolute Gasteiger partial charge is 0.351 e. The van der Waals surface area contributed by atoms with Gasteiger partial charge in [-0.25, -0.2) is 0 Å². The molecule has 2 rings (SSSR count). The maximum absolute atomic E-state index is 9.46. The molecular formula is C22H27N3O3S+2. The molecule has 0 N–H and O–H groups in total. The average Bonchev–Trinajstić information content (AvgIpc) is 3.07. The number of hydrogen-bond acceptors (Lipinski definition) is 5. The maximum Gasteiger partial charge on any atom is 0.351 e. The van der Waals surface area contributed by atoms with Crippen molar-refractivity contribution in [3.63, 3.8) is 0 Å². The van der Waals surface area contributed by atoms with Crippen LogP contribution in [0, 0.1) is 53.4 Å². The highest BCUT2D eigenvalue weighted by molar-refractivity contribution is 7.95. The van der Waals surface area contributed by atoms with E-state index in [-0.39, 0.29) is 17.0 Å². The van der Waals surface area contributed by atoms with E-state index < -0.39 is 0 Å². The van der Waals surface area contributed by atoms with Crippen LogP contribution in [0.3, 0.4) is 0 Å². The third-order valence-electron chi connectivity index (χ3n) is 5.36. The van der Waals surface area contributed by atoms with Crippen molar-refractivity contribution in [2.45, 2.75) is 75.8 Å². The van der Waals surface area contributed by atoms with Gasteiger partial charge in [0.2, 0.25) is 16.4 Å². The zero-order valence-corrected chi connectivity index (χ0v) is 17.9. The summed E-state index contributed by atoms with van der Waals surface area (Å²) < 4.78 is 11.7. The van der Waals surface area contributed by atoms with E-state index in [0.717, 1.165) is 45.2 Å². The van der Waals surface area contributed by atoms with Gasteiger partial charge in [-0.1, -0.05) is 26.7 Å². The Hall–Kier alpha value is -2.31. The predicted octanol–water partition coefficient (Wildman–Crippen LogP) is 4.02. The number of nitrogens with zero attached hydrogens (tertiary/aromatic N) is 3. The molecule has 0 radical (unpaired) electrons. The molecule has 3 unspecified atom stereocenters. The average molecular weight is 414 g/mol. The molecule has 2 fully saturated rings. The molecule has 1 saturated heterocycles. The van der Waals surface area contributed by atoms with Crippen molar-refractivity contribution in [3.05, 3.63) is 4.98 Å². The molecule has 2 aliphatic rings. The summed E-state index contributed by atoms with van der Waals surface area (Å²) in [7, 11) is 0. The van der Waals surface area contributed by atoms with Gasteiger partial charge in [0, 0.05) is 30.6 Å². The lowest BCUT2D eigenvalue weighted by molar-refractivity contribution is -1.15. The Bertz CT molecular complexity index is 820. The summed E-state index contributed by atoms with van der Waals surface area (Å²) >= 11 is 1.38. The van der Waals surface area contributed by atoms with Crippen LogP contribution in [0.1, 0.15) is 58.8 Å². The van der Waals surface area contributed by atoms with Crippen LogP contribution >= 0.6 is 12.0 Å². The summed E-state index contributed by atoms with van der Waals surface area (Å²) in [6, 6.07) is -0.343. The van der Waals surface area contributed by atoms with Gasteiger partial charge in [-0.3, -0.25) is 0 Å². The van der Waals surface area contributed by atoms with Crippen molar-refractivity contribution in [2.75, 3.05) is 13.1 Å². The Morgan fingerprint density at radius 1 is 1.17 bits per heavy atom. The third-order valence-corrected chi connectivity index (χ3v) is 6.51. The van der Waals surface area contributed by atoms with Gasteiger partial charge >= 0.3 is 6.04 Å². The van der Waals surface area contributed by atoms with E-state index in [2.05, 4.69) is 60.5 Å². The standard InChI is InChI=1S/C22H27N3O3S/c1-4-7-10-11-12-13-18-26-21-19-22(15-14-20(21)24-23)25(16-8-5-2,17-9-6-3)27-28-29-22/h1,20-21H,5-6,8-9,14-17,19H2,2-3H3/q+2. The SMILES string of the molecule is C#CC#CC#CC#COC1CC2(CCC1[N+]#N)SOO[N+]2(CCCC)CCCC. The summed E-state index contributed by atoms with van der Waals surface area (Å²) in [5.41, 5.74) is 0. The molecule has 0 aromatic rings. The molecule has 6 nitrogen and oxygen atoms in total. The highest BCUT2D eigenvalue weighted by atomic mass is 32.2. The summed E-state index contributed by atoms with van der Waals surface area (Å²) in [4.78, 5) is 9.12. The van der Waals surface area contributed by atoms with Crippen molar-refractivity contribution in [1.29, 1.82) is 5.39 Å². The number of hydrogen-bond donors (Lipinski definition) is 0. The fraction of sp³-hybridized carbons (Fsp3) is 0.636. The second-order valence-corrected chi connectivity index (χ2v) is 8.23. The first-order chi connectivity index (χ1) is 14.2. The highest BCUT2D eigenvalue weighted by Crippen LogP contribution is 2.54. The van der Waals surface area contributed by atoms with Crippen LogP contribution in [-0.2, 0) is 14.1 Å². The van der Waals surface area contributed by atoms with E-state index in [0.29, 0.717) is 17.5 Å². The molecule has 1 aliphatic heterocycles. The quantitative estimate of drug-likeness (QED) is 0.207. The Labute approximate surface area is 178 Å². The first-order valence-corrected chi connectivity index (χ1v) is 10.8. The van der Waals surface area contributed by atoms with Gasteiger partial charge in [-0.15, -0.1) is 15.4 Å². The van der Waals surface area contributed by atoms with Gasteiger partial charge in [-0.2, -0.15) is 0 Å². The molecule has 1 aliphatic carbocycles. The number of diazo groups is 1. The molecule has 0 aromatic heterocycles. The number of ether oxygens (including phenoxy) is 1. The van der Waals surface area contributed by atoms with Crippen LogP contribution in [0.25, 0.3) is 4.98 Å². The maximum atomic E-state index is 9.46. The minimum absolute atomic E-state index is 0.304. The predicted molar refractivity (Wildman–Crippen MR) is 112 cm³/mol. The normalized spacial score (nSPS) is 26.5. The zero-order chi connectivity index (χ0) is 21.0. The van der Waals surface area contributed by atoms with Crippen molar-refractivity contribution >= 4 is 12.0 Å². The van der Waals surface area contributed by atoms with Crippen LogP contribution in [0.4, 0.5) is 0 Å². The van der Waals surface area contributed by atoms with E-state index in [4.69, 9.17) is 20.5 Å². The van der Waals surface area contributed by atoms with Crippen molar-refractivity contribution in [2.24, 2.45) is 0 Å². The van der Waals surface area contributed by atoms with E-state index in [1.54, 1.807) is 0 Å². The number of quaternary nitrogens is 1. The van der Waals surface area contributed by atoms with E-state index >= 15 is 0 Å². The summed E-state index contributed by atoms with van der Waals surface area (Å²) in [6.07, 6.45) is 13.6. The Balaban J connectivity index is 2.19. The van der Waals surface area contributed by atoms with Crippen LogP contribution in [-0.4, -0.2) is 34.8 Å². The monoisotopic (exact) mass is 413 g/mol. The summed E-state index contributed by atoms with van der Waals surface area (Å²) in [5, 5.41) is 9.46. The van der Waals surface area contributed by atoms with Crippen LogP contribution in [0.5, 0.6) is 0 Å². The van der Waals surface area contributed by atoms with Crippen molar-refractivity contribution in [3.8, 4) is 48.1 Å². The van der Waals surface area contributed by atoms with Gasteiger partial charge < -0.3 is 4.74 Å². The van der Waals surface area contributed by atoms with Gasteiger partial charge in [0.15, 0.2) is 0 Å². The van der Waals surface area contributed by atoms with Crippen molar-refractivity contribution in [1.82, 2.24) is 0 Å². The molecule has 1 spiro atoms. The lowest BCUT2D eigenvalue weighted by Crippen LogP contribution is -2.63. The van der Waals surface area contributed by atoms with Gasteiger partial charge in [0.1, 0.15) is 36.2 Å². The molecule has 0 aromatic carbocycles. The molecule has 29 heavy (non-hydrogen) atoms. The minimum Gasteiger partial charge on any atom is -0.434 e. The van der Waals surface area contributed by atoms with Gasteiger partial charge in [-0.05, 0) is 35.6 Å². The number of hydroxylamine groups is 3. The Morgan fingerprint density at radius 2 is 1.86 bits per heavy atom. The number of terminal acetylenes is 1. The van der Waals surface area contributed by atoms with Crippen molar-refractivity contribution < 1.29 is 18.7 Å². The zero-order valence-electron chi connectivity index (χ0n) is 17.1. The van der Waals surface area contributed by atoms with E-state index in [9.17, 15) is 5.39 Å². The fourth-order valence-corrected chi connectivity index (χ4v) is 4.82. The molecular weight excluding hydrogens is 386 g/mol. The second-order valence-electron chi connectivity index (χ2n) is 7.17. The van der Waals surface area contributed by atoms with Gasteiger partial charge in [0.25, 0.3) is 0 Å². The van der Waals surface area contributed by atoms with E-state index in [1.807, 2.05) is 0 Å². The molecule has 1 heterocycles. The van der Waals surface area contributed by atoms with Crippen LogP contribution < -0.4 is 0 Å². The third kappa shape index (κ3) is 5.61. The lowest BCUT2D eigenvalue weighted by Gasteiger charge is -2.43. The first kappa shape index (κ1) is 23.0. The van der Waals surface area contributed by atoms with Crippen LogP contribution in [0.15, 0.2) is 0 Å². The summed E-state index contributed by atoms with van der Waals surface area (Å²) in [6.45, 7) is 6.10. The lowest BCUT2D eigenvalue weighted by atomic mass is 9.86. The molecule has 7 heteroatoms. The van der Waals surface area contributed by atoms with E-state index in [1.165, 1.54) is 12.0 Å². The van der Waals surface area contributed by atoms with Crippen LogP contribution in [0.2, 0.25) is 0 Å². The Kier molecular flexibility index (Phi) is 9.22. The molecule has 1 saturated carbocycles. The molecule has 152 valence electrons. The van der Waals surface area contributed by atoms with Gasteiger partial charge in [0.05, 0.1) is 6.42 Å². The minimum atomic E-state index is -0.376. The summed E-state index contributed by atoms with van der Waals surface area (Å²) in [5.74, 6) is 14.8. The topological polar surface area (TPSA) is 55.8 Å². The number of unbranched alkanes of at least 4 members (excludes halogenated alkanes) is 2. The Morgan fingerprint density at radius 3 is 2.52 bits per heavy atom. The number of rotatable bonds is 7. The second kappa shape index (κ2) is 11.6. The largest absolute Gasteiger partial charge is 0.434 e. The first-order valence-electron chi connectivity index (χ1n) is 10.0. The molecule has 0 bridgehead atoms.